The summed E-state index contributed by atoms with van der Waals surface area (Å²) in [5, 5.41) is 6.99. The molecule has 1 aromatic carbocycles. The molecule has 1 fully saturated rings. The molecule has 0 radical (unpaired) electrons. The van der Waals surface area contributed by atoms with E-state index in [1.165, 1.54) is 30.7 Å². The van der Waals surface area contributed by atoms with Crippen molar-refractivity contribution in [1.29, 1.82) is 0 Å². The molecule has 3 nitrogen and oxygen atoms in total. The number of benzene rings is 1. The maximum Gasteiger partial charge on any atom is 0.119 e. The Morgan fingerprint density at radius 3 is 3.00 bits per heavy atom. The highest BCUT2D eigenvalue weighted by Crippen LogP contribution is 2.25. The Kier molecular flexibility index (Phi) is 4.88. The molecule has 0 unspecified atom stereocenters. The van der Waals surface area contributed by atoms with E-state index in [0.29, 0.717) is 0 Å². The minimum absolute atomic E-state index is 0.739. The summed E-state index contributed by atoms with van der Waals surface area (Å²) in [6.45, 7) is 1.04. The molecule has 21 heavy (non-hydrogen) atoms. The molecule has 3 rings (SSSR count). The van der Waals surface area contributed by atoms with Gasteiger partial charge < -0.3 is 10.1 Å². The molecule has 1 heterocycles. The van der Waals surface area contributed by atoms with Gasteiger partial charge in [0.05, 0.1) is 17.8 Å². The van der Waals surface area contributed by atoms with Crippen molar-refractivity contribution < 1.29 is 4.74 Å². The third-order valence-corrected chi connectivity index (χ3v) is 4.95. The monoisotopic (exact) mass is 302 g/mol. The lowest BCUT2D eigenvalue weighted by atomic mass is 10.1. The fraction of sp³-hybridized carbons (Fsp3) is 0.471. The van der Waals surface area contributed by atoms with E-state index >= 15 is 0 Å². The van der Waals surface area contributed by atoms with E-state index in [2.05, 4.69) is 16.8 Å². The number of methoxy groups -OCH3 is 1. The van der Waals surface area contributed by atoms with Crippen molar-refractivity contribution >= 4 is 11.3 Å². The van der Waals surface area contributed by atoms with Gasteiger partial charge in [0.1, 0.15) is 5.75 Å². The fourth-order valence-corrected chi connectivity index (χ4v) is 3.66. The SMILES string of the molecule is COc1cccc(-c2csc(CCNC3CCCC3)n2)c1. The van der Waals surface area contributed by atoms with Crippen LogP contribution in [0.3, 0.4) is 0 Å². The van der Waals surface area contributed by atoms with Gasteiger partial charge in [-0.05, 0) is 25.0 Å². The standard InChI is InChI=1S/C17H22N2OS/c1-20-15-8-4-5-13(11-15)16-12-21-17(19-16)9-10-18-14-6-2-3-7-14/h4-5,8,11-12,14,18H,2-3,6-7,9-10H2,1H3. The van der Waals surface area contributed by atoms with E-state index in [9.17, 15) is 0 Å². The smallest absolute Gasteiger partial charge is 0.119 e. The second kappa shape index (κ2) is 7.05. The second-order valence-electron chi connectivity index (χ2n) is 5.54. The van der Waals surface area contributed by atoms with Crippen molar-refractivity contribution in [1.82, 2.24) is 10.3 Å². The van der Waals surface area contributed by atoms with Gasteiger partial charge in [-0.3, -0.25) is 0 Å². The number of nitrogens with one attached hydrogen (secondary N) is 1. The van der Waals surface area contributed by atoms with Gasteiger partial charge in [0.25, 0.3) is 0 Å². The number of hydrogen-bond acceptors (Lipinski definition) is 4. The van der Waals surface area contributed by atoms with Crippen LogP contribution in [0.5, 0.6) is 5.75 Å². The lowest BCUT2D eigenvalue weighted by Crippen LogP contribution is -2.27. The van der Waals surface area contributed by atoms with Crippen LogP contribution in [0.2, 0.25) is 0 Å². The van der Waals surface area contributed by atoms with Crippen LogP contribution in [0.1, 0.15) is 30.7 Å². The number of aromatic nitrogens is 1. The van der Waals surface area contributed by atoms with Gasteiger partial charge in [-0.2, -0.15) is 0 Å². The highest BCUT2D eigenvalue weighted by molar-refractivity contribution is 7.09. The summed E-state index contributed by atoms with van der Waals surface area (Å²) in [6.07, 6.45) is 6.47. The molecule has 0 amide bonds. The predicted molar refractivity (Wildman–Crippen MR) is 88.1 cm³/mol. The first-order chi connectivity index (χ1) is 10.3. The number of rotatable bonds is 6. The summed E-state index contributed by atoms with van der Waals surface area (Å²) in [7, 11) is 1.69. The molecule has 1 aliphatic carbocycles. The average Bonchev–Trinajstić information content (AvgIpc) is 3.19. The van der Waals surface area contributed by atoms with Crippen LogP contribution in [-0.4, -0.2) is 24.7 Å². The quantitative estimate of drug-likeness (QED) is 0.879. The van der Waals surface area contributed by atoms with E-state index < -0.39 is 0 Å². The van der Waals surface area contributed by atoms with E-state index in [4.69, 9.17) is 9.72 Å². The molecule has 1 saturated carbocycles. The molecule has 112 valence electrons. The second-order valence-corrected chi connectivity index (χ2v) is 6.49. The van der Waals surface area contributed by atoms with Crippen molar-refractivity contribution in [3.63, 3.8) is 0 Å². The van der Waals surface area contributed by atoms with E-state index in [0.717, 1.165) is 36.0 Å². The first kappa shape index (κ1) is 14.5. The number of nitrogens with zero attached hydrogens (tertiary/aromatic N) is 1. The molecule has 1 aliphatic rings. The van der Waals surface area contributed by atoms with Crippen LogP contribution < -0.4 is 10.1 Å². The summed E-state index contributed by atoms with van der Waals surface area (Å²) in [5.74, 6) is 0.880. The normalized spacial score (nSPS) is 15.5. The van der Waals surface area contributed by atoms with E-state index in [-0.39, 0.29) is 0 Å². The minimum atomic E-state index is 0.739. The maximum absolute atomic E-state index is 5.27. The van der Waals surface area contributed by atoms with Crippen molar-refractivity contribution in [3.8, 4) is 17.0 Å². The van der Waals surface area contributed by atoms with Crippen LogP contribution in [0.15, 0.2) is 29.6 Å². The average molecular weight is 302 g/mol. The first-order valence-corrected chi connectivity index (χ1v) is 8.55. The van der Waals surface area contributed by atoms with Gasteiger partial charge in [-0.25, -0.2) is 4.98 Å². The summed E-state index contributed by atoms with van der Waals surface area (Å²) >= 11 is 1.75. The zero-order chi connectivity index (χ0) is 14.5. The van der Waals surface area contributed by atoms with Gasteiger partial charge in [-0.15, -0.1) is 11.3 Å². The number of ether oxygens (including phenoxy) is 1. The van der Waals surface area contributed by atoms with Crippen molar-refractivity contribution in [3.05, 3.63) is 34.7 Å². The van der Waals surface area contributed by atoms with Crippen molar-refractivity contribution in [2.45, 2.75) is 38.1 Å². The largest absolute Gasteiger partial charge is 0.497 e. The van der Waals surface area contributed by atoms with Gasteiger partial charge in [0.2, 0.25) is 0 Å². The highest BCUT2D eigenvalue weighted by Gasteiger charge is 2.14. The topological polar surface area (TPSA) is 34.1 Å². The molecule has 0 aliphatic heterocycles. The van der Waals surface area contributed by atoms with Gasteiger partial charge in [-0.1, -0.05) is 25.0 Å². The Balaban J connectivity index is 1.57. The Morgan fingerprint density at radius 2 is 2.19 bits per heavy atom. The van der Waals surface area contributed by atoms with Crippen LogP contribution in [0.25, 0.3) is 11.3 Å². The maximum atomic E-state index is 5.27. The summed E-state index contributed by atoms with van der Waals surface area (Å²) in [4.78, 5) is 4.74. The molecule has 4 heteroatoms. The molecule has 1 aromatic heterocycles. The summed E-state index contributed by atoms with van der Waals surface area (Å²) in [6, 6.07) is 8.83. The third-order valence-electron chi connectivity index (χ3n) is 4.04. The Hall–Kier alpha value is -1.39. The number of thiazole rings is 1. The molecule has 0 spiro atoms. The first-order valence-electron chi connectivity index (χ1n) is 7.67. The minimum Gasteiger partial charge on any atom is -0.497 e. The van der Waals surface area contributed by atoms with E-state index in [1.54, 1.807) is 18.4 Å². The molecule has 0 bridgehead atoms. The van der Waals surface area contributed by atoms with Crippen LogP contribution in [0.4, 0.5) is 0 Å². The molecule has 0 atom stereocenters. The molecule has 2 aromatic rings. The molecule has 0 saturated heterocycles. The van der Waals surface area contributed by atoms with Gasteiger partial charge in [0.15, 0.2) is 0 Å². The fourth-order valence-electron chi connectivity index (χ4n) is 2.85. The Bertz CT molecular complexity index is 576. The zero-order valence-electron chi connectivity index (χ0n) is 12.5. The zero-order valence-corrected chi connectivity index (χ0v) is 13.3. The van der Waals surface area contributed by atoms with Crippen molar-refractivity contribution in [2.24, 2.45) is 0 Å². The highest BCUT2D eigenvalue weighted by atomic mass is 32.1. The van der Waals surface area contributed by atoms with Crippen LogP contribution in [0, 0.1) is 0 Å². The van der Waals surface area contributed by atoms with Gasteiger partial charge in [0, 0.05) is 30.0 Å². The Labute approximate surface area is 130 Å². The Morgan fingerprint density at radius 1 is 1.33 bits per heavy atom. The van der Waals surface area contributed by atoms with Crippen LogP contribution in [-0.2, 0) is 6.42 Å². The third kappa shape index (κ3) is 3.83. The molecule has 1 N–H and O–H groups in total. The number of hydrogen-bond donors (Lipinski definition) is 1. The molecular weight excluding hydrogens is 280 g/mol. The predicted octanol–water partition coefficient (Wildman–Crippen LogP) is 3.89. The summed E-state index contributed by atoms with van der Waals surface area (Å²) in [5.41, 5.74) is 2.18. The lowest BCUT2D eigenvalue weighted by Gasteiger charge is -2.10. The van der Waals surface area contributed by atoms with Crippen molar-refractivity contribution in [2.75, 3.05) is 13.7 Å². The molecular formula is C17H22N2OS. The summed E-state index contributed by atoms with van der Waals surface area (Å²) < 4.78 is 5.27. The van der Waals surface area contributed by atoms with E-state index in [1.807, 2.05) is 18.2 Å². The lowest BCUT2D eigenvalue weighted by molar-refractivity contribution is 0.415. The van der Waals surface area contributed by atoms with Crippen LogP contribution >= 0.6 is 11.3 Å². The van der Waals surface area contributed by atoms with Gasteiger partial charge >= 0.3 is 0 Å².